The number of hydrogen-bond acceptors (Lipinski definition) is 7. The van der Waals surface area contributed by atoms with Gasteiger partial charge in [0.15, 0.2) is 0 Å². The van der Waals surface area contributed by atoms with E-state index in [4.69, 9.17) is 11.6 Å². The minimum Gasteiger partial charge on any atom is -0.324 e. The molecule has 2 aromatic carbocycles. The number of piperazine rings is 1. The molecule has 1 aliphatic heterocycles. The topological polar surface area (TPSA) is 91.6 Å². The summed E-state index contributed by atoms with van der Waals surface area (Å²) >= 11 is 7.56. The zero-order valence-electron chi connectivity index (χ0n) is 18.2. The van der Waals surface area contributed by atoms with Crippen molar-refractivity contribution in [3.05, 3.63) is 74.2 Å². The Morgan fingerprint density at radius 2 is 2.00 bits per heavy atom. The second-order valence-electron chi connectivity index (χ2n) is 8.07. The van der Waals surface area contributed by atoms with Crippen LogP contribution in [0.4, 0.5) is 11.4 Å². The first-order valence-corrected chi connectivity index (χ1v) is 11.8. The lowest BCUT2D eigenvalue weighted by Crippen LogP contribution is -2.43. The van der Waals surface area contributed by atoms with Crippen molar-refractivity contribution < 1.29 is 9.72 Å². The van der Waals surface area contributed by atoms with Gasteiger partial charge in [-0.05, 0) is 24.7 Å². The van der Waals surface area contributed by atoms with E-state index in [9.17, 15) is 14.9 Å². The minimum absolute atomic E-state index is 0.0881. The highest BCUT2D eigenvalue weighted by molar-refractivity contribution is 7.13. The Morgan fingerprint density at radius 3 is 2.73 bits per heavy atom. The zero-order valence-corrected chi connectivity index (χ0v) is 19.7. The number of nitrogens with zero attached hydrogens (tertiary/aromatic N) is 4. The average molecular weight is 486 g/mol. The molecule has 10 heteroatoms. The lowest BCUT2D eigenvalue weighted by Gasteiger charge is -2.32. The largest absolute Gasteiger partial charge is 0.324 e. The van der Waals surface area contributed by atoms with Crippen LogP contribution < -0.4 is 5.32 Å². The molecule has 0 unspecified atom stereocenters. The molecular formula is C23H24ClN5O3S. The molecule has 0 aliphatic carbocycles. The number of likely N-dealkylation sites (N-methyl/N-ethyl adjacent to an activating group) is 1. The number of rotatable bonds is 7. The van der Waals surface area contributed by atoms with E-state index >= 15 is 0 Å². The van der Waals surface area contributed by atoms with Crippen molar-refractivity contribution in [2.24, 2.45) is 0 Å². The molecule has 8 nitrogen and oxygen atoms in total. The molecule has 0 atom stereocenters. The maximum absolute atomic E-state index is 12.4. The number of carbonyl (C=O) groups is 1. The van der Waals surface area contributed by atoms with Crippen LogP contribution in [0.5, 0.6) is 0 Å². The van der Waals surface area contributed by atoms with Crippen LogP contribution in [-0.4, -0.2) is 58.8 Å². The fraction of sp³-hybridized carbons (Fsp3) is 0.304. The lowest BCUT2D eigenvalue weighted by molar-refractivity contribution is -0.384. The van der Waals surface area contributed by atoms with Crippen molar-refractivity contribution in [1.29, 1.82) is 0 Å². The Hall–Kier alpha value is -2.85. The van der Waals surface area contributed by atoms with Gasteiger partial charge in [0.05, 0.1) is 27.7 Å². The Morgan fingerprint density at radius 1 is 1.21 bits per heavy atom. The summed E-state index contributed by atoms with van der Waals surface area (Å²) in [5, 5.41) is 16.4. The van der Waals surface area contributed by atoms with E-state index < -0.39 is 4.92 Å². The predicted octanol–water partition coefficient (Wildman–Crippen LogP) is 4.30. The molecule has 1 saturated heterocycles. The van der Waals surface area contributed by atoms with Crippen molar-refractivity contribution in [3.63, 3.8) is 0 Å². The van der Waals surface area contributed by atoms with E-state index in [0.717, 1.165) is 43.3 Å². The van der Waals surface area contributed by atoms with E-state index in [2.05, 4.69) is 39.3 Å². The monoisotopic (exact) mass is 485 g/mol. The van der Waals surface area contributed by atoms with Crippen molar-refractivity contribution in [2.75, 3.05) is 38.5 Å². The quantitative estimate of drug-likeness (QED) is 0.396. The van der Waals surface area contributed by atoms with Crippen molar-refractivity contribution in [2.45, 2.75) is 13.0 Å². The number of amides is 1. The Balaban J connectivity index is 1.38. The summed E-state index contributed by atoms with van der Waals surface area (Å²) in [6.45, 7) is 5.22. The number of halogens is 1. The van der Waals surface area contributed by atoms with E-state index in [0.29, 0.717) is 11.4 Å². The van der Waals surface area contributed by atoms with Crippen molar-refractivity contribution >= 4 is 40.2 Å². The number of aromatic nitrogens is 1. The summed E-state index contributed by atoms with van der Waals surface area (Å²) in [6.07, 6.45) is 0.0881. The second-order valence-corrected chi connectivity index (χ2v) is 9.34. The maximum atomic E-state index is 12.4. The average Bonchev–Trinajstić information content (AvgIpc) is 3.25. The molecule has 0 bridgehead atoms. The number of nitro groups is 1. The van der Waals surface area contributed by atoms with Gasteiger partial charge >= 0.3 is 0 Å². The lowest BCUT2D eigenvalue weighted by atomic mass is 10.1. The van der Waals surface area contributed by atoms with E-state index in [1.54, 1.807) is 0 Å². The highest BCUT2D eigenvalue weighted by atomic mass is 35.5. The SMILES string of the molecule is CN1CCN(Cc2cccc(-c3nc(CC(=O)Nc4ccc([N+](=O)[O-])cc4Cl)cs3)c2)CC1. The van der Waals surface area contributed by atoms with Crippen LogP contribution in [0.2, 0.25) is 5.02 Å². The number of non-ortho nitro benzene ring substituents is 1. The third-order valence-electron chi connectivity index (χ3n) is 5.51. The number of nitro benzene ring substituents is 1. The standard InChI is InChI=1S/C23H24ClN5O3S/c1-27-7-9-28(10-8-27)14-16-3-2-4-17(11-16)23-25-18(15-33-23)12-22(30)26-21-6-5-19(29(31)32)13-20(21)24/h2-6,11,13,15H,7-10,12,14H2,1H3,(H,26,30). The molecule has 0 saturated carbocycles. The second kappa shape index (κ2) is 10.4. The van der Waals surface area contributed by atoms with Crippen LogP contribution in [0.3, 0.4) is 0 Å². The van der Waals surface area contributed by atoms with Gasteiger partial charge in [0.25, 0.3) is 5.69 Å². The van der Waals surface area contributed by atoms with Crippen LogP contribution in [0.15, 0.2) is 47.8 Å². The molecule has 1 fully saturated rings. The van der Waals surface area contributed by atoms with Gasteiger partial charge in [0.1, 0.15) is 5.01 Å². The molecule has 2 heterocycles. The van der Waals surface area contributed by atoms with E-state index in [1.807, 2.05) is 17.5 Å². The molecular weight excluding hydrogens is 462 g/mol. The van der Waals surface area contributed by atoms with Gasteiger partial charge in [0, 0.05) is 55.8 Å². The molecule has 1 aliphatic rings. The smallest absolute Gasteiger partial charge is 0.271 e. The summed E-state index contributed by atoms with van der Waals surface area (Å²) in [5.74, 6) is -0.286. The van der Waals surface area contributed by atoms with Crippen LogP contribution >= 0.6 is 22.9 Å². The third-order valence-corrected chi connectivity index (χ3v) is 6.76. The molecule has 33 heavy (non-hydrogen) atoms. The number of anilines is 1. The summed E-state index contributed by atoms with van der Waals surface area (Å²) < 4.78 is 0. The Bertz CT molecular complexity index is 1160. The first-order valence-electron chi connectivity index (χ1n) is 10.6. The Labute approximate surface area is 201 Å². The molecule has 1 aromatic heterocycles. The molecule has 0 radical (unpaired) electrons. The summed E-state index contributed by atoms with van der Waals surface area (Å²) in [4.78, 5) is 32.2. The summed E-state index contributed by atoms with van der Waals surface area (Å²) in [5.41, 5.74) is 3.15. The van der Waals surface area contributed by atoms with Gasteiger partial charge in [0.2, 0.25) is 5.91 Å². The predicted molar refractivity (Wildman–Crippen MR) is 131 cm³/mol. The normalized spacial score (nSPS) is 14.8. The van der Waals surface area contributed by atoms with Gasteiger partial charge < -0.3 is 10.2 Å². The number of nitrogens with one attached hydrogen (secondary N) is 1. The third kappa shape index (κ3) is 6.14. The number of carbonyl (C=O) groups excluding carboxylic acids is 1. The van der Waals surface area contributed by atoms with E-state index in [1.165, 1.54) is 35.1 Å². The van der Waals surface area contributed by atoms with Crippen LogP contribution in [0.1, 0.15) is 11.3 Å². The maximum Gasteiger partial charge on any atom is 0.271 e. The highest BCUT2D eigenvalue weighted by Gasteiger charge is 2.16. The molecule has 172 valence electrons. The number of thiazole rings is 1. The van der Waals surface area contributed by atoms with E-state index in [-0.39, 0.29) is 23.0 Å². The van der Waals surface area contributed by atoms with Crippen LogP contribution in [-0.2, 0) is 17.8 Å². The summed E-state index contributed by atoms with van der Waals surface area (Å²) in [7, 11) is 2.15. The van der Waals surface area contributed by atoms with Crippen LogP contribution in [0.25, 0.3) is 10.6 Å². The first-order chi connectivity index (χ1) is 15.9. The van der Waals surface area contributed by atoms with Gasteiger partial charge in [-0.3, -0.25) is 19.8 Å². The molecule has 4 rings (SSSR count). The van der Waals surface area contributed by atoms with Crippen molar-refractivity contribution in [1.82, 2.24) is 14.8 Å². The summed E-state index contributed by atoms with van der Waals surface area (Å²) in [6, 6.07) is 12.3. The molecule has 3 aromatic rings. The van der Waals surface area contributed by atoms with Crippen molar-refractivity contribution in [3.8, 4) is 10.6 Å². The van der Waals surface area contributed by atoms with Gasteiger partial charge in [-0.15, -0.1) is 11.3 Å². The number of hydrogen-bond donors (Lipinski definition) is 1. The van der Waals surface area contributed by atoms with Gasteiger partial charge in [-0.2, -0.15) is 0 Å². The minimum atomic E-state index is -0.533. The molecule has 1 N–H and O–H groups in total. The fourth-order valence-corrected chi connectivity index (χ4v) is 4.70. The van der Waals surface area contributed by atoms with Crippen LogP contribution in [0, 0.1) is 10.1 Å². The van der Waals surface area contributed by atoms with Gasteiger partial charge in [-0.25, -0.2) is 4.98 Å². The van der Waals surface area contributed by atoms with Gasteiger partial charge in [-0.1, -0.05) is 29.8 Å². The number of benzene rings is 2. The first kappa shape index (κ1) is 23.3. The molecule has 1 amide bonds. The highest BCUT2D eigenvalue weighted by Crippen LogP contribution is 2.28. The Kier molecular flexibility index (Phi) is 7.34. The molecule has 0 spiro atoms. The fourth-order valence-electron chi connectivity index (χ4n) is 3.67. The zero-order chi connectivity index (χ0) is 23.4.